The second-order valence-electron chi connectivity index (χ2n) is 3.12. The van der Waals surface area contributed by atoms with Gasteiger partial charge in [-0.1, -0.05) is 6.92 Å². The summed E-state index contributed by atoms with van der Waals surface area (Å²) in [6.45, 7) is 3.54. The highest BCUT2D eigenvalue weighted by molar-refractivity contribution is 5.30. The molecule has 13 heavy (non-hydrogen) atoms. The standard InChI is InChI=1S/C9H14FN3/c1-5-7-8(10)6(2)11-9(12-7)13(3)4/h5H2,1-4H3. The molecule has 0 unspecified atom stereocenters. The van der Waals surface area contributed by atoms with Gasteiger partial charge in [0.05, 0.1) is 11.4 Å². The molecule has 1 aromatic rings. The second-order valence-corrected chi connectivity index (χ2v) is 3.12. The monoisotopic (exact) mass is 183 g/mol. The van der Waals surface area contributed by atoms with Gasteiger partial charge in [-0.3, -0.25) is 0 Å². The summed E-state index contributed by atoms with van der Waals surface area (Å²) in [5.41, 5.74) is 0.895. The van der Waals surface area contributed by atoms with E-state index in [4.69, 9.17) is 0 Å². The van der Waals surface area contributed by atoms with Gasteiger partial charge in [-0.2, -0.15) is 0 Å². The minimum absolute atomic E-state index is 0.284. The van der Waals surface area contributed by atoms with Crippen LogP contribution in [0.4, 0.5) is 10.3 Å². The van der Waals surface area contributed by atoms with E-state index in [-0.39, 0.29) is 5.82 Å². The maximum absolute atomic E-state index is 13.3. The van der Waals surface area contributed by atoms with Crippen LogP contribution in [0.1, 0.15) is 18.3 Å². The summed E-state index contributed by atoms with van der Waals surface area (Å²) in [6.07, 6.45) is 0.593. The van der Waals surface area contributed by atoms with Crippen molar-refractivity contribution < 1.29 is 4.39 Å². The highest BCUT2D eigenvalue weighted by atomic mass is 19.1. The van der Waals surface area contributed by atoms with Gasteiger partial charge in [0.25, 0.3) is 0 Å². The van der Waals surface area contributed by atoms with E-state index in [0.717, 1.165) is 0 Å². The molecule has 0 bridgehead atoms. The number of rotatable bonds is 2. The Morgan fingerprint density at radius 3 is 2.38 bits per heavy atom. The minimum Gasteiger partial charge on any atom is -0.347 e. The average Bonchev–Trinajstić information content (AvgIpc) is 2.09. The minimum atomic E-state index is -0.284. The summed E-state index contributed by atoms with van der Waals surface area (Å²) < 4.78 is 13.3. The number of hydrogen-bond donors (Lipinski definition) is 0. The molecule has 0 saturated carbocycles. The van der Waals surface area contributed by atoms with Gasteiger partial charge < -0.3 is 4.90 Å². The molecule has 0 N–H and O–H groups in total. The first kappa shape index (κ1) is 9.89. The Balaban J connectivity index is 3.22. The largest absolute Gasteiger partial charge is 0.347 e. The van der Waals surface area contributed by atoms with Crippen LogP contribution in [-0.2, 0) is 6.42 Å². The molecule has 0 amide bonds. The second kappa shape index (κ2) is 3.68. The van der Waals surface area contributed by atoms with Crippen molar-refractivity contribution in [1.29, 1.82) is 0 Å². The molecule has 0 fully saturated rings. The van der Waals surface area contributed by atoms with Crippen molar-refractivity contribution in [3.63, 3.8) is 0 Å². The summed E-state index contributed by atoms with van der Waals surface area (Å²) in [6, 6.07) is 0. The van der Waals surface area contributed by atoms with Gasteiger partial charge in [-0.25, -0.2) is 14.4 Å². The molecule has 0 saturated heterocycles. The number of halogens is 1. The molecule has 0 aliphatic carbocycles. The normalized spacial score (nSPS) is 10.2. The Morgan fingerprint density at radius 2 is 1.92 bits per heavy atom. The third-order valence-electron chi connectivity index (χ3n) is 1.81. The molecule has 1 rings (SSSR count). The predicted molar refractivity (Wildman–Crippen MR) is 50.4 cm³/mol. The summed E-state index contributed by atoms with van der Waals surface area (Å²) in [5.74, 6) is 0.281. The van der Waals surface area contributed by atoms with Gasteiger partial charge in [-0.05, 0) is 13.3 Å². The molecule has 72 valence electrons. The van der Waals surface area contributed by atoms with E-state index in [1.165, 1.54) is 0 Å². The third-order valence-corrected chi connectivity index (χ3v) is 1.81. The van der Waals surface area contributed by atoms with Crippen molar-refractivity contribution in [2.45, 2.75) is 20.3 Å². The maximum atomic E-state index is 13.3. The zero-order chi connectivity index (χ0) is 10.0. The first-order chi connectivity index (χ1) is 6.06. The molecule has 3 nitrogen and oxygen atoms in total. The molecule has 4 heteroatoms. The van der Waals surface area contributed by atoms with E-state index in [1.807, 2.05) is 21.0 Å². The molecule has 1 aromatic heterocycles. The van der Waals surface area contributed by atoms with E-state index in [2.05, 4.69) is 9.97 Å². The van der Waals surface area contributed by atoms with Crippen molar-refractivity contribution in [1.82, 2.24) is 9.97 Å². The van der Waals surface area contributed by atoms with Crippen molar-refractivity contribution in [2.24, 2.45) is 0 Å². The lowest BCUT2D eigenvalue weighted by Gasteiger charge is -2.12. The molecule has 0 atom stereocenters. The lowest BCUT2D eigenvalue weighted by atomic mass is 10.2. The number of aryl methyl sites for hydroxylation is 2. The van der Waals surface area contributed by atoms with Crippen LogP contribution < -0.4 is 4.90 Å². The van der Waals surface area contributed by atoms with Crippen LogP contribution in [0, 0.1) is 12.7 Å². The van der Waals surface area contributed by atoms with Crippen LogP contribution in [0.5, 0.6) is 0 Å². The van der Waals surface area contributed by atoms with Gasteiger partial charge >= 0.3 is 0 Å². The van der Waals surface area contributed by atoms with Crippen LogP contribution in [0.2, 0.25) is 0 Å². The Labute approximate surface area is 77.6 Å². The SMILES string of the molecule is CCc1nc(N(C)C)nc(C)c1F. The van der Waals surface area contributed by atoms with E-state index in [9.17, 15) is 4.39 Å². The van der Waals surface area contributed by atoms with Gasteiger partial charge in [0.1, 0.15) is 0 Å². The van der Waals surface area contributed by atoms with E-state index in [1.54, 1.807) is 11.8 Å². The van der Waals surface area contributed by atoms with Gasteiger partial charge in [0, 0.05) is 14.1 Å². The molecule has 0 spiro atoms. The third kappa shape index (κ3) is 1.94. The van der Waals surface area contributed by atoms with E-state index < -0.39 is 0 Å². The predicted octanol–water partition coefficient (Wildman–Crippen LogP) is 1.55. The molecule has 0 aromatic carbocycles. The van der Waals surface area contributed by atoms with Crippen molar-refractivity contribution >= 4 is 5.95 Å². The molecule has 0 radical (unpaired) electrons. The summed E-state index contributed by atoms with van der Waals surface area (Å²) in [5, 5.41) is 0. The van der Waals surface area contributed by atoms with Gasteiger partial charge in [-0.15, -0.1) is 0 Å². The molecule has 1 heterocycles. The van der Waals surface area contributed by atoms with Crippen LogP contribution in [0.3, 0.4) is 0 Å². The Kier molecular flexibility index (Phi) is 2.80. The smallest absolute Gasteiger partial charge is 0.225 e. The van der Waals surface area contributed by atoms with Crippen LogP contribution in [0.25, 0.3) is 0 Å². The van der Waals surface area contributed by atoms with E-state index >= 15 is 0 Å². The fraction of sp³-hybridized carbons (Fsp3) is 0.556. The van der Waals surface area contributed by atoms with Gasteiger partial charge in [0.2, 0.25) is 5.95 Å². The number of hydrogen-bond acceptors (Lipinski definition) is 3. The summed E-state index contributed by atoms with van der Waals surface area (Å²) in [4.78, 5) is 9.88. The first-order valence-electron chi connectivity index (χ1n) is 4.26. The molecular formula is C9H14FN3. The average molecular weight is 183 g/mol. The van der Waals surface area contributed by atoms with Crippen molar-refractivity contribution in [2.75, 3.05) is 19.0 Å². The highest BCUT2D eigenvalue weighted by Gasteiger charge is 2.10. The van der Waals surface area contributed by atoms with Crippen molar-refractivity contribution in [3.8, 4) is 0 Å². The number of nitrogens with zero attached hydrogens (tertiary/aromatic N) is 3. The summed E-state index contributed by atoms with van der Waals surface area (Å²) >= 11 is 0. The maximum Gasteiger partial charge on any atom is 0.225 e. The lowest BCUT2D eigenvalue weighted by Crippen LogP contribution is -2.15. The molecule has 0 aliphatic rings. The zero-order valence-electron chi connectivity index (χ0n) is 8.43. The first-order valence-corrected chi connectivity index (χ1v) is 4.26. The van der Waals surface area contributed by atoms with Gasteiger partial charge in [0.15, 0.2) is 5.82 Å². The van der Waals surface area contributed by atoms with Crippen LogP contribution in [-0.4, -0.2) is 24.1 Å². The Bertz CT molecular complexity index is 310. The number of aromatic nitrogens is 2. The fourth-order valence-electron chi connectivity index (χ4n) is 1.04. The fourth-order valence-corrected chi connectivity index (χ4v) is 1.04. The quantitative estimate of drug-likeness (QED) is 0.696. The molecular weight excluding hydrogens is 169 g/mol. The summed E-state index contributed by atoms with van der Waals surface area (Å²) in [7, 11) is 3.68. The Morgan fingerprint density at radius 1 is 1.31 bits per heavy atom. The molecule has 0 aliphatic heterocycles. The van der Waals surface area contributed by atoms with Crippen LogP contribution in [0.15, 0.2) is 0 Å². The number of anilines is 1. The topological polar surface area (TPSA) is 29.0 Å². The van der Waals surface area contributed by atoms with Crippen LogP contribution >= 0.6 is 0 Å². The zero-order valence-corrected chi connectivity index (χ0v) is 8.43. The van der Waals surface area contributed by atoms with Crippen molar-refractivity contribution in [3.05, 3.63) is 17.2 Å². The van der Waals surface area contributed by atoms with E-state index in [0.29, 0.717) is 23.8 Å². The Hall–Kier alpha value is -1.19. The highest BCUT2D eigenvalue weighted by Crippen LogP contribution is 2.12. The lowest BCUT2D eigenvalue weighted by molar-refractivity contribution is 0.581.